The summed E-state index contributed by atoms with van der Waals surface area (Å²) in [5, 5.41) is 11.5. The van der Waals surface area contributed by atoms with Gasteiger partial charge < -0.3 is 5.32 Å². The van der Waals surface area contributed by atoms with E-state index < -0.39 is 11.6 Å². The van der Waals surface area contributed by atoms with Crippen molar-refractivity contribution in [2.45, 2.75) is 0 Å². The maximum absolute atomic E-state index is 12.9. The Balaban J connectivity index is 2.25. The third-order valence-corrected chi connectivity index (χ3v) is 2.08. The Morgan fingerprint density at radius 3 is 2.65 bits per heavy atom. The smallest absolute Gasteiger partial charge is 0.160 e. The molecule has 0 bridgehead atoms. The molecule has 1 aromatic heterocycles. The zero-order chi connectivity index (χ0) is 12.3. The van der Waals surface area contributed by atoms with Gasteiger partial charge in [-0.1, -0.05) is 0 Å². The molecular formula is C12H7F2N3. The van der Waals surface area contributed by atoms with E-state index in [1.165, 1.54) is 18.3 Å². The maximum Gasteiger partial charge on any atom is 0.160 e. The molecule has 2 aromatic rings. The van der Waals surface area contributed by atoms with E-state index in [2.05, 4.69) is 10.3 Å². The second-order valence-electron chi connectivity index (χ2n) is 3.30. The van der Waals surface area contributed by atoms with Crippen molar-refractivity contribution in [1.29, 1.82) is 5.26 Å². The van der Waals surface area contributed by atoms with Crippen LogP contribution in [0.25, 0.3) is 0 Å². The van der Waals surface area contributed by atoms with Gasteiger partial charge in [-0.05, 0) is 24.3 Å². The average molecular weight is 231 g/mol. The predicted molar refractivity (Wildman–Crippen MR) is 58.6 cm³/mol. The summed E-state index contributed by atoms with van der Waals surface area (Å²) in [4.78, 5) is 3.96. The first-order valence-electron chi connectivity index (χ1n) is 4.77. The summed E-state index contributed by atoms with van der Waals surface area (Å²) in [7, 11) is 0. The van der Waals surface area contributed by atoms with Crippen molar-refractivity contribution in [1.82, 2.24) is 4.98 Å². The van der Waals surface area contributed by atoms with Crippen molar-refractivity contribution in [2.24, 2.45) is 0 Å². The summed E-state index contributed by atoms with van der Waals surface area (Å²) in [5.74, 6) is -1.45. The van der Waals surface area contributed by atoms with Crippen molar-refractivity contribution >= 4 is 11.5 Å². The largest absolute Gasteiger partial charge is 0.340 e. The fourth-order valence-electron chi connectivity index (χ4n) is 1.29. The van der Waals surface area contributed by atoms with Crippen LogP contribution < -0.4 is 5.32 Å². The van der Waals surface area contributed by atoms with Gasteiger partial charge in [0.1, 0.15) is 5.82 Å². The van der Waals surface area contributed by atoms with Crippen LogP contribution in [-0.2, 0) is 0 Å². The average Bonchev–Trinajstić information content (AvgIpc) is 2.34. The number of halogens is 2. The highest BCUT2D eigenvalue weighted by Gasteiger charge is 2.03. The maximum atomic E-state index is 12.9. The van der Waals surface area contributed by atoms with Crippen LogP contribution in [0.15, 0.2) is 36.5 Å². The van der Waals surface area contributed by atoms with Crippen LogP contribution in [0.3, 0.4) is 0 Å². The van der Waals surface area contributed by atoms with Gasteiger partial charge in [0, 0.05) is 18.0 Å². The number of anilines is 2. The minimum absolute atomic E-state index is 0.367. The van der Waals surface area contributed by atoms with Crippen molar-refractivity contribution in [3.05, 3.63) is 53.7 Å². The van der Waals surface area contributed by atoms with Gasteiger partial charge in [-0.3, -0.25) is 0 Å². The molecule has 3 nitrogen and oxygen atoms in total. The Kier molecular flexibility index (Phi) is 2.97. The number of aromatic nitrogens is 1. The van der Waals surface area contributed by atoms with Crippen LogP contribution in [0.2, 0.25) is 0 Å². The molecule has 2 rings (SSSR count). The highest BCUT2D eigenvalue weighted by atomic mass is 19.2. The van der Waals surface area contributed by atoms with Crippen LogP contribution >= 0.6 is 0 Å². The molecule has 0 saturated heterocycles. The first-order chi connectivity index (χ1) is 8.19. The van der Waals surface area contributed by atoms with Gasteiger partial charge in [0.25, 0.3) is 0 Å². The lowest BCUT2D eigenvalue weighted by molar-refractivity contribution is 0.509. The lowest BCUT2D eigenvalue weighted by atomic mass is 10.2. The Hall–Kier alpha value is -2.48. The van der Waals surface area contributed by atoms with Crippen molar-refractivity contribution in [3.8, 4) is 6.07 Å². The van der Waals surface area contributed by atoms with Crippen molar-refractivity contribution in [3.63, 3.8) is 0 Å². The molecule has 0 aliphatic heterocycles. The Bertz CT molecular complexity index is 591. The van der Waals surface area contributed by atoms with E-state index in [0.29, 0.717) is 17.1 Å². The number of benzene rings is 1. The lowest BCUT2D eigenvalue weighted by Gasteiger charge is -2.05. The van der Waals surface area contributed by atoms with Gasteiger partial charge in [-0.25, -0.2) is 13.8 Å². The number of hydrogen-bond acceptors (Lipinski definition) is 3. The summed E-state index contributed by atoms with van der Waals surface area (Å²) < 4.78 is 25.6. The van der Waals surface area contributed by atoms with E-state index >= 15 is 0 Å². The Morgan fingerprint density at radius 2 is 1.94 bits per heavy atom. The van der Waals surface area contributed by atoms with E-state index in [0.717, 1.165) is 12.1 Å². The van der Waals surface area contributed by atoms with E-state index in [-0.39, 0.29) is 0 Å². The summed E-state index contributed by atoms with van der Waals surface area (Å²) in [6, 6.07) is 8.46. The van der Waals surface area contributed by atoms with Gasteiger partial charge in [-0.2, -0.15) is 5.26 Å². The fraction of sp³-hybridized carbons (Fsp3) is 0. The third-order valence-electron chi connectivity index (χ3n) is 2.08. The third kappa shape index (κ3) is 2.55. The number of nitrogens with zero attached hydrogens (tertiary/aromatic N) is 2. The molecule has 0 fully saturated rings. The quantitative estimate of drug-likeness (QED) is 0.864. The minimum atomic E-state index is -0.938. The minimum Gasteiger partial charge on any atom is -0.340 e. The summed E-state index contributed by atoms with van der Waals surface area (Å²) >= 11 is 0. The summed E-state index contributed by atoms with van der Waals surface area (Å²) in [5.41, 5.74) is 0.802. The molecule has 0 saturated carbocycles. The SMILES string of the molecule is N#Cc1ccnc(Nc2ccc(F)c(F)c2)c1. The number of hydrogen-bond donors (Lipinski definition) is 1. The first-order valence-corrected chi connectivity index (χ1v) is 4.77. The molecule has 84 valence electrons. The molecule has 0 aliphatic carbocycles. The molecule has 0 amide bonds. The molecule has 0 aliphatic rings. The summed E-state index contributed by atoms with van der Waals surface area (Å²) in [6.07, 6.45) is 1.46. The van der Waals surface area contributed by atoms with Gasteiger partial charge in [0.05, 0.1) is 11.6 Å². The second-order valence-corrected chi connectivity index (χ2v) is 3.30. The van der Waals surface area contributed by atoms with Crippen molar-refractivity contribution < 1.29 is 8.78 Å². The molecule has 0 radical (unpaired) electrons. The zero-order valence-electron chi connectivity index (χ0n) is 8.61. The molecule has 1 heterocycles. The van der Waals surface area contributed by atoms with Crippen LogP contribution in [0.4, 0.5) is 20.3 Å². The molecule has 1 N–H and O–H groups in total. The van der Waals surface area contributed by atoms with E-state index in [9.17, 15) is 8.78 Å². The van der Waals surface area contributed by atoms with Crippen LogP contribution in [0.1, 0.15) is 5.56 Å². The zero-order valence-corrected chi connectivity index (χ0v) is 8.61. The normalized spacial score (nSPS) is 9.71. The molecule has 17 heavy (non-hydrogen) atoms. The first kappa shape index (κ1) is 11.0. The van der Waals surface area contributed by atoms with Gasteiger partial charge in [-0.15, -0.1) is 0 Å². The second kappa shape index (κ2) is 4.58. The van der Waals surface area contributed by atoms with E-state index in [1.807, 2.05) is 6.07 Å². The van der Waals surface area contributed by atoms with Gasteiger partial charge in [0.2, 0.25) is 0 Å². The van der Waals surface area contributed by atoms with Crippen molar-refractivity contribution in [2.75, 3.05) is 5.32 Å². The Morgan fingerprint density at radius 1 is 1.12 bits per heavy atom. The lowest BCUT2D eigenvalue weighted by Crippen LogP contribution is -1.95. The number of nitrogens with one attached hydrogen (secondary N) is 1. The Labute approximate surface area is 96.3 Å². The number of pyridine rings is 1. The molecule has 0 spiro atoms. The molecule has 0 unspecified atom stereocenters. The topological polar surface area (TPSA) is 48.7 Å². The highest BCUT2D eigenvalue weighted by molar-refractivity contribution is 5.57. The van der Waals surface area contributed by atoms with Crippen LogP contribution in [-0.4, -0.2) is 4.98 Å². The monoisotopic (exact) mass is 231 g/mol. The molecule has 1 aromatic carbocycles. The molecular weight excluding hydrogens is 224 g/mol. The van der Waals surface area contributed by atoms with E-state index in [4.69, 9.17) is 5.26 Å². The van der Waals surface area contributed by atoms with Crippen LogP contribution in [0.5, 0.6) is 0 Å². The number of rotatable bonds is 2. The fourth-order valence-corrected chi connectivity index (χ4v) is 1.29. The van der Waals surface area contributed by atoms with E-state index in [1.54, 1.807) is 6.07 Å². The number of nitriles is 1. The standard InChI is InChI=1S/C12H7F2N3/c13-10-2-1-9(6-11(10)14)17-12-5-8(7-15)3-4-16-12/h1-6H,(H,16,17). The molecule has 0 atom stereocenters. The highest BCUT2D eigenvalue weighted by Crippen LogP contribution is 2.17. The molecule has 5 heteroatoms. The van der Waals surface area contributed by atoms with Gasteiger partial charge >= 0.3 is 0 Å². The van der Waals surface area contributed by atoms with Gasteiger partial charge in [0.15, 0.2) is 11.6 Å². The van der Waals surface area contributed by atoms with Crippen LogP contribution in [0, 0.1) is 23.0 Å². The predicted octanol–water partition coefficient (Wildman–Crippen LogP) is 2.98. The summed E-state index contributed by atoms with van der Waals surface area (Å²) in [6.45, 7) is 0.